The molecule has 0 aromatic heterocycles. The van der Waals surface area contributed by atoms with Gasteiger partial charge in [0.15, 0.2) is 6.10 Å². The van der Waals surface area contributed by atoms with Gasteiger partial charge in [0.05, 0.1) is 19.6 Å². The van der Waals surface area contributed by atoms with Crippen molar-refractivity contribution in [1.82, 2.24) is 5.32 Å². The highest BCUT2D eigenvalue weighted by Gasteiger charge is 2.50. The van der Waals surface area contributed by atoms with E-state index in [0.29, 0.717) is 35.9 Å². The van der Waals surface area contributed by atoms with Crippen molar-refractivity contribution in [2.75, 3.05) is 32.7 Å². The molecular weight excluding hydrogens is 577 g/mol. The number of rotatable bonds is 10. The van der Waals surface area contributed by atoms with E-state index in [1.165, 1.54) is 25.7 Å². The molecule has 2 aromatic rings. The van der Waals surface area contributed by atoms with Crippen LogP contribution in [0.4, 0.5) is 13.2 Å². The van der Waals surface area contributed by atoms with Crippen LogP contribution in [-0.4, -0.2) is 72.4 Å². The van der Waals surface area contributed by atoms with Gasteiger partial charge in [-0.15, -0.1) is 0 Å². The minimum absolute atomic E-state index is 0.192. The molecule has 0 spiro atoms. The monoisotopic (exact) mass is 618 g/mol. The Hall–Kier alpha value is -3.44. The Balaban J connectivity index is 0.000000566. The quantitative estimate of drug-likeness (QED) is 0.240. The number of fused-ring (bicyclic) bond motifs is 3. The predicted octanol–water partition coefficient (Wildman–Crippen LogP) is 3.46. The van der Waals surface area contributed by atoms with E-state index in [1.54, 1.807) is 24.3 Å². The number of hydrogen-bond donors (Lipinski definition) is 2. The minimum atomic E-state index is -5.19. The van der Waals surface area contributed by atoms with Gasteiger partial charge in [-0.1, -0.05) is 73.5 Å². The molecule has 2 bridgehead atoms. The van der Waals surface area contributed by atoms with Crippen LogP contribution in [0.15, 0.2) is 60.7 Å². The molecule has 1 saturated carbocycles. The van der Waals surface area contributed by atoms with Crippen LogP contribution >= 0.6 is 0 Å². The number of benzene rings is 2. The number of quaternary nitrogens is 1. The number of ether oxygens (including phenoxy) is 1. The van der Waals surface area contributed by atoms with Crippen molar-refractivity contribution in [3.05, 3.63) is 71.8 Å². The van der Waals surface area contributed by atoms with E-state index < -0.39 is 23.7 Å². The number of carboxylic acids is 1. The van der Waals surface area contributed by atoms with Crippen LogP contribution in [0.25, 0.3) is 0 Å². The summed E-state index contributed by atoms with van der Waals surface area (Å²) in [6.07, 6.45) is 3.17. The van der Waals surface area contributed by atoms with Crippen molar-refractivity contribution in [3.8, 4) is 0 Å². The number of halogens is 3. The van der Waals surface area contributed by atoms with Crippen molar-refractivity contribution < 1.29 is 47.0 Å². The second-order valence-corrected chi connectivity index (χ2v) is 12.3. The Bertz CT molecular complexity index is 1200. The van der Waals surface area contributed by atoms with E-state index in [9.17, 15) is 27.9 Å². The zero-order valence-corrected chi connectivity index (χ0v) is 24.8. The van der Waals surface area contributed by atoms with Gasteiger partial charge in [0.2, 0.25) is 11.5 Å². The van der Waals surface area contributed by atoms with E-state index in [1.807, 2.05) is 36.4 Å². The molecule has 2 aromatic carbocycles. The molecule has 240 valence electrons. The lowest BCUT2D eigenvalue weighted by Crippen LogP contribution is -2.65. The summed E-state index contributed by atoms with van der Waals surface area (Å²) in [6, 6.07) is 18.2. The van der Waals surface area contributed by atoms with Crippen LogP contribution in [0.5, 0.6) is 0 Å². The zero-order valence-electron chi connectivity index (χ0n) is 24.8. The van der Waals surface area contributed by atoms with Crippen LogP contribution in [-0.2, 0) is 24.7 Å². The van der Waals surface area contributed by atoms with Crippen LogP contribution in [0.3, 0.4) is 0 Å². The molecule has 1 aliphatic carbocycles. The fourth-order valence-electron chi connectivity index (χ4n) is 6.84. The molecule has 0 radical (unpaired) electrons. The number of carbonyl (C=O) groups is 3. The van der Waals surface area contributed by atoms with Crippen LogP contribution in [0.2, 0.25) is 0 Å². The standard InChI is InChI=1S/C31H40N2O4.C2HF3O2/c34-29(22-24-10-7-8-11-24)32-18-9-19-33-20-16-25(17-21-33)28(23-33)37-30(35)31(36,26-12-3-1-4-13-26)27-14-5-2-6-15-27;3-2(4,5)1(6)7/h1-6,12-15,24-25,28,36H,7-11,16-23H2;(H,6,7)/t25?,28-,33?;/m0./s1. The van der Waals surface area contributed by atoms with Gasteiger partial charge in [-0.2, -0.15) is 13.2 Å². The number of nitrogens with zero attached hydrogens (tertiary/aromatic N) is 1. The average molecular weight is 619 g/mol. The minimum Gasteiger partial charge on any atom is -0.542 e. The van der Waals surface area contributed by atoms with E-state index in [-0.39, 0.29) is 12.0 Å². The highest BCUT2D eigenvalue weighted by molar-refractivity contribution is 5.85. The average Bonchev–Trinajstić information content (AvgIpc) is 3.53. The zero-order chi connectivity index (χ0) is 31.8. The Morgan fingerprint density at radius 3 is 1.93 bits per heavy atom. The molecule has 3 saturated heterocycles. The molecule has 1 amide bonds. The molecule has 6 rings (SSSR count). The number of aliphatic hydroxyl groups is 1. The second kappa shape index (κ2) is 14.6. The van der Waals surface area contributed by atoms with Gasteiger partial charge in [-0.25, -0.2) is 4.79 Å². The third kappa shape index (κ3) is 8.38. The van der Waals surface area contributed by atoms with Crippen molar-refractivity contribution in [1.29, 1.82) is 0 Å². The summed E-state index contributed by atoms with van der Waals surface area (Å²) in [4.78, 5) is 34.8. The maximum absolute atomic E-state index is 13.7. The molecule has 3 heterocycles. The van der Waals surface area contributed by atoms with Crippen LogP contribution in [0, 0.1) is 11.8 Å². The molecule has 44 heavy (non-hydrogen) atoms. The largest absolute Gasteiger partial charge is 0.542 e. The lowest BCUT2D eigenvalue weighted by molar-refractivity contribution is -0.946. The van der Waals surface area contributed by atoms with Gasteiger partial charge >= 0.3 is 12.1 Å². The summed E-state index contributed by atoms with van der Waals surface area (Å²) in [6.45, 7) is 4.66. The van der Waals surface area contributed by atoms with Crippen molar-refractivity contribution in [3.63, 3.8) is 0 Å². The molecule has 1 atom stereocenters. The summed E-state index contributed by atoms with van der Waals surface area (Å²) < 4.78 is 38.7. The molecule has 11 heteroatoms. The first kappa shape index (κ1) is 33.5. The predicted molar refractivity (Wildman–Crippen MR) is 153 cm³/mol. The Kier molecular flexibility index (Phi) is 11.1. The molecule has 4 aliphatic rings. The Morgan fingerprint density at radius 2 is 1.43 bits per heavy atom. The molecule has 2 N–H and O–H groups in total. The summed E-state index contributed by atoms with van der Waals surface area (Å²) in [7, 11) is 0. The van der Waals surface area contributed by atoms with Gasteiger partial charge in [0.1, 0.15) is 12.5 Å². The van der Waals surface area contributed by atoms with Crippen LogP contribution < -0.4 is 10.4 Å². The molecule has 8 nitrogen and oxygen atoms in total. The van der Waals surface area contributed by atoms with E-state index in [0.717, 1.165) is 49.9 Å². The number of esters is 1. The summed E-state index contributed by atoms with van der Waals surface area (Å²) >= 11 is 0. The first-order valence-electron chi connectivity index (χ1n) is 15.4. The summed E-state index contributed by atoms with van der Waals surface area (Å²) in [5.41, 5.74) is -0.808. The number of alkyl halides is 3. The number of carbonyl (C=O) groups excluding carboxylic acids is 3. The second-order valence-electron chi connectivity index (χ2n) is 12.3. The Labute approximate surface area is 255 Å². The maximum atomic E-state index is 13.7. The fourth-order valence-corrected chi connectivity index (χ4v) is 6.84. The van der Waals surface area contributed by atoms with Crippen molar-refractivity contribution >= 4 is 17.8 Å². The van der Waals surface area contributed by atoms with Crippen molar-refractivity contribution in [2.24, 2.45) is 11.8 Å². The highest BCUT2D eigenvalue weighted by atomic mass is 19.4. The summed E-state index contributed by atoms with van der Waals surface area (Å²) in [5.74, 6) is -2.50. The highest BCUT2D eigenvalue weighted by Crippen LogP contribution is 2.38. The smallest absolute Gasteiger partial charge is 0.430 e. The number of aliphatic carboxylic acids is 1. The number of carboxylic acid groups (broad SMARTS) is 1. The SMILES string of the molecule is O=C(CC1CCCC1)NCCC[N+]12CCC(CC1)[C@@H](OC(=O)C(O)(c1ccccc1)c1ccccc1)C2.O=C([O-])C(F)(F)F. The number of hydrogen-bond acceptors (Lipinski definition) is 6. The number of nitrogens with one attached hydrogen (secondary N) is 1. The lowest BCUT2D eigenvalue weighted by Gasteiger charge is -2.52. The third-order valence-corrected chi connectivity index (χ3v) is 9.29. The van der Waals surface area contributed by atoms with Gasteiger partial charge in [0, 0.05) is 38.1 Å². The fraction of sp³-hybridized carbons (Fsp3) is 0.545. The van der Waals surface area contributed by atoms with Gasteiger partial charge in [-0.3, -0.25) is 4.79 Å². The first-order chi connectivity index (χ1) is 20.9. The van der Waals surface area contributed by atoms with Crippen LogP contribution in [0.1, 0.15) is 62.5 Å². The van der Waals surface area contributed by atoms with E-state index in [4.69, 9.17) is 14.6 Å². The number of piperidine rings is 3. The normalized spacial score (nSPS) is 23.4. The van der Waals surface area contributed by atoms with E-state index in [2.05, 4.69) is 5.32 Å². The molecule has 0 unspecified atom stereocenters. The first-order valence-corrected chi connectivity index (χ1v) is 15.4. The van der Waals surface area contributed by atoms with Gasteiger partial charge < -0.3 is 29.5 Å². The topological polar surface area (TPSA) is 116 Å². The number of amides is 1. The van der Waals surface area contributed by atoms with E-state index >= 15 is 0 Å². The molecule has 4 fully saturated rings. The third-order valence-electron chi connectivity index (χ3n) is 9.29. The molecule has 3 aliphatic heterocycles. The lowest BCUT2D eigenvalue weighted by atomic mass is 9.82. The van der Waals surface area contributed by atoms with Gasteiger partial charge in [-0.05, 0) is 29.9 Å². The van der Waals surface area contributed by atoms with Crippen molar-refractivity contribution in [2.45, 2.75) is 69.2 Å². The summed E-state index contributed by atoms with van der Waals surface area (Å²) in [5, 5.41) is 23.7. The van der Waals surface area contributed by atoms with Gasteiger partial charge in [0.25, 0.3) is 0 Å². The maximum Gasteiger partial charge on any atom is 0.430 e. The Morgan fingerprint density at radius 1 is 0.909 bits per heavy atom. The molecular formula is C33H41F3N2O6.